The van der Waals surface area contributed by atoms with Gasteiger partial charge in [-0.2, -0.15) is 0 Å². The molecule has 0 aliphatic heterocycles. The predicted molar refractivity (Wildman–Crippen MR) is 90.3 cm³/mol. The Morgan fingerprint density at radius 2 is 1.92 bits per heavy atom. The number of rotatable bonds is 4. The lowest BCUT2D eigenvalue weighted by Crippen LogP contribution is -2.16. The second-order valence-electron chi connectivity index (χ2n) is 5.21. The maximum atomic E-state index is 12.6. The Kier molecular flexibility index (Phi) is 4.08. The minimum Gasteiger partial charge on any atom is -0.321 e. The summed E-state index contributed by atoms with van der Waals surface area (Å²) in [5, 5.41) is 7.81. The number of nitrogens with one attached hydrogen (secondary N) is 1. The quantitative estimate of drug-likeness (QED) is 0.752. The van der Waals surface area contributed by atoms with E-state index in [2.05, 4.69) is 10.3 Å². The highest BCUT2D eigenvalue weighted by Crippen LogP contribution is 2.17. The fourth-order valence-electron chi connectivity index (χ4n) is 2.45. The van der Waals surface area contributed by atoms with Crippen molar-refractivity contribution >= 4 is 27.3 Å². The maximum absolute atomic E-state index is 12.6. The van der Waals surface area contributed by atoms with Crippen molar-refractivity contribution in [2.75, 3.05) is 5.32 Å². The number of amides is 1. The lowest BCUT2D eigenvalue weighted by Gasteiger charge is -2.07. The van der Waals surface area contributed by atoms with Crippen LogP contribution in [0, 0.1) is 0 Å². The summed E-state index contributed by atoms with van der Waals surface area (Å²) in [5.41, 5.74) is 2.33. The van der Waals surface area contributed by atoms with Crippen molar-refractivity contribution in [1.29, 1.82) is 0 Å². The normalized spacial score (nSPS) is 11.6. The molecule has 0 atom stereocenters. The van der Waals surface area contributed by atoms with Crippen molar-refractivity contribution in [3.63, 3.8) is 0 Å². The molecule has 3 N–H and O–H groups in total. The number of nitrogens with two attached hydrogens (primary N) is 1. The number of sulfonamides is 1. The molecule has 0 fully saturated rings. The summed E-state index contributed by atoms with van der Waals surface area (Å²) in [5.74, 6) is -0.311. The van der Waals surface area contributed by atoms with Crippen molar-refractivity contribution in [2.45, 2.75) is 18.2 Å². The van der Waals surface area contributed by atoms with E-state index in [1.54, 1.807) is 10.6 Å². The maximum Gasteiger partial charge on any atom is 0.274 e. The van der Waals surface area contributed by atoms with Gasteiger partial charge in [-0.3, -0.25) is 9.20 Å². The molecule has 0 bridgehead atoms. The van der Waals surface area contributed by atoms with E-state index in [0.717, 1.165) is 0 Å². The Hall–Kier alpha value is -2.71. The highest BCUT2D eigenvalue weighted by Gasteiger charge is 2.18. The van der Waals surface area contributed by atoms with Crippen LogP contribution >= 0.6 is 0 Å². The Bertz CT molecular complexity index is 1010. The number of primary sulfonamides is 1. The SMILES string of the molecule is CCc1nc2ccccn2c1C(=O)Nc1ccc(S(N)(=O)=O)cc1. The van der Waals surface area contributed by atoms with Gasteiger partial charge < -0.3 is 5.32 Å². The molecule has 3 aromatic rings. The number of carbonyl (C=O) groups excluding carboxylic acids is 1. The van der Waals surface area contributed by atoms with Gasteiger partial charge in [-0.15, -0.1) is 0 Å². The van der Waals surface area contributed by atoms with Crippen molar-refractivity contribution in [3.8, 4) is 0 Å². The zero-order chi connectivity index (χ0) is 17.3. The van der Waals surface area contributed by atoms with Crippen LogP contribution in [0.3, 0.4) is 0 Å². The van der Waals surface area contributed by atoms with Crippen molar-refractivity contribution in [2.24, 2.45) is 5.14 Å². The molecular weight excluding hydrogens is 328 g/mol. The number of imidazole rings is 1. The second-order valence-corrected chi connectivity index (χ2v) is 6.77. The molecule has 24 heavy (non-hydrogen) atoms. The number of hydrogen-bond donors (Lipinski definition) is 2. The number of aromatic nitrogens is 2. The van der Waals surface area contributed by atoms with Gasteiger partial charge in [-0.05, 0) is 42.8 Å². The van der Waals surface area contributed by atoms with Crippen molar-refractivity contribution in [1.82, 2.24) is 9.38 Å². The largest absolute Gasteiger partial charge is 0.321 e. The van der Waals surface area contributed by atoms with Crippen molar-refractivity contribution in [3.05, 3.63) is 60.0 Å². The van der Waals surface area contributed by atoms with Crippen LogP contribution < -0.4 is 10.5 Å². The fraction of sp³-hybridized carbons (Fsp3) is 0.125. The molecular formula is C16H16N4O3S. The zero-order valence-electron chi connectivity index (χ0n) is 12.9. The number of fused-ring (bicyclic) bond motifs is 1. The average Bonchev–Trinajstić information content (AvgIpc) is 2.93. The van der Waals surface area contributed by atoms with Gasteiger partial charge in [-0.1, -0.05) is 13.0 Å². The predicted octanol–water partition coefficient (Wildman–Crippen LogP) is 1.80. The van der Waals surface area contributed by atoms with Crippen LogP contribution in [0.5, 0.6) is 0 Å². The molecule has 2 heterocycles. The standard InChI is InChI=1S/C16H16N4O3S/c1-2-13-15(20-10-4-3-5-14(20)19-13)16(21)18-11-6-8-12(9-7-11)24(17,22)23/h3-10H,2H2,1H3,(H,18,21)(H2,17,22,23). The number of pyridine rings is 1. The molecule has 0 saturated heterocycles. The van der Waals surface area contributed by atoms with E-state index in [0.29, 0.717) is 29.1 Å². The molecule has 0 aliphatic carbocycles. The minimum atomic E-state index is -3.76. The molecule has 0 aliphatic rings. The molecule has 1 aromatic carbocycles. The Balaban J connectivity index is 1.93. The third-order valence-electron chi connectivity index (χ3n) is 3.59. The van der Waals surface area contributed by atoms with Gasteiger partial charge in [0.1, 0.15) is 11.3 Å². The summed E-state index contributed by atoms with van der Waals surface area (Å²) in [4.78, 5) is 17.1. The summed E-state index contributed by atoms with van der Waals surface area (Å²) in [6.07, 6.45) is 2.40. The van der Waals surface area contributed by atoms with Gasteiger partial charge in [0.2, 0.25) is 10.0 Å². The van der Waals surface area contributed by atoms with E-state index in [1.807, 2.05) is 25.1 Å². The Morgan fingerprint density at radius 3 is 2.54 bits per heavy atom. The van der Waals surface area contributed by atoms with E-state index < -0.39 is 10.0 Å². The average molecular weight is 344 g/mol. The first-order chi connectivity index (χ1) is 11.4. The third kappa shape index (κ3) is 3.01. The van der Waals surface area contributed by atoms with Crippen LogP contribution in [0.4, 0.5) is 5.69 Å². The molecule has 0 radical (unpaired) electrons. The molecule has 0 saturated carbocycles. The van der Waals surface area contributed by atoms with Crippen molar-refractivity contribution < 1.29 is 13.2 Å². The number of benzene rings is 1. The number of carbonyl (C=O) groups is 1. The van der Waals surface area contributed by atoms with Gasteiger partial charge in [0.15, 0.2) is 0 Å². The van der Waals surface area contributed by atoms with Gasteiger partial charge in [-0.25, -0.2) is 18.5 Å². The summed E-state index contributed by atoms with van der Waals surface area (Å²) in [7, 11) is -3.76. The van der Waals surface area contributed by atoms with Crippen LogP contribution in [0.2, 0.25) is 0 Å². The molecule has 7 nitrogen and oxygen atoms in total. The first-order valence-electron chi connectivity index (χ1n) is 7.30. The Morgan fingerprint density at radius 1 is 1.21 bits per heavy atom. The molecule has 1 amide bonds. The monoisotopic (exact) mass is 344 g/mol. The van der Waals surface area contributed by atoms with E-state index in [4.69, 9.17) is 5.14 Å². The number of hydrogen-bond acceptors (Lipinski definition) is 4. The molecule has 0 unspecified atom stereocenters. The third-order valence-corrected chi connectivity index (χ3v) is 4.52. The summed E-state index contributed by atoms with van der Waals surface area (Å²) in [6.45, 7) is 1.93. The molecule has 8 heteroatoms. The highest BCUT2D eigenvalue weighted by molar-refractivity contribution is 7.89. The van der Waals surface area contributed by atoms with E-state index >= 15 is 0 Å². The van der Waals surface area contributed by atoms with Crippen LogP contribution in [0.1, 0.15) is 23.1 Å². The smallest absolute Gasteiger partial charge is 0.274 e. The van der Waals surface area contributed by atoms with E-state index in [-0.39, 0.29) is 10.8 Å². The number of aryl methyl sites for hydroxylation is 1. The summed E-state index contributed by atoms with van der Waals surface area (Å²) < 4.78 is 24.3. The highest BCUT2D eigenvalue weighted by atomic mass is 32.2. The minimum absolute atomic E-state index is 0.00968. The zero-order valence-corrected chi connectivity index (χ0v) is 13.7. The molecule has 3 rings (SSSR count). The van der Waals surface area contributed by atoms with E-state index in [1.165, 1.54) is 24.3 Å². The Labute approximate surface area is 139 Å². The molecule has 124 valence electrons. The number of anilines is 1. The van der Waals surface area contributed by atoms with E-state index in [9.17, 15) is 13.2 Å². The van der Waals surface area contributed by atoms with Crippen LogP contribution in [-0.2, 0) is 16.4 Å². The van der Waals surface area contributed by atoms with Gasteiger partial charge >= 0.3 is 0 Å². The topological polar surface area (TPSA) is 107 Å². The number of nitrogens with zero attached hydrogens (tertiary/aromatic N) is 2. The molecule has 0 spiro atoms. The lowest BCUT2D eigenvalue weighted by atomic mass is 10.2. The fourth-order valence-corrected chi connectivity index (χ4v) is 2.97. The van der Waals surface area contributed by atoms with Crippen LogP contribution in [0.25, 0.3) is 5.65 Å². The summed E-state index contributed by atoms with van der Waals surface area (Å²) >= 11 is 0. The van der Waals surface area contributed by atoms with Crippen LogP contribution in [0.15, 0.2) is 53.6 Å². The van der Waals surface area contributed by atoms with Gasteiger partial charge in [0.05, 0.1) is 10.6 Å². The lowest BCUT2D eigenvalue weighted by molar-refractivity contribution is 0.102. The first-order valence-corrected chi connectivity index (χ1v) is 8.85. The van der Waals surface area contributed by atoms with Crippen LogP contribution in [-0.4, -0.2) is 23.7 Å². The van der Waals surface area contributed by atoms with Gasteiger partial charge in [0.25, 0.3) is 5.91 Å². The summed E-state index contributed by atoms with van der Waals surface area (Å²) in [6, 6.07) is 11.2. The molecule has 2 aromatic heterocycles. The second kappa shape index (κ2) is 6.06. The van der Waals surface area contributed by atoms with Gasteiger partial charge in [0, 0.05) is 11.9 Å². The first kappa shape index (κ1) is 16.2.